The number of fused-ring (bicyclic) bond motifs is 3. The Hall–Kier alpha value is -5.99. The second kappa shape index (κ2) is 13.0. The summed E-state index contributed by atoms with van der Waals surface area (Å²) in [4.78, 5) is 30.0. The van der Waals surface area contributed by atoms with Crippen molar-refractivity contribution in [1.82, 2.24) is 14.9 Å². The molecule has 7 rings (SSSR count). The molecule has 8 nitrogen and oxygen atoms in total. The Labute approximate surface area is 277 Å². The number of aromatic nitrogens is 2. The Kier molecular flexibility index (Phi) is 8.31. The van der Waals surface area contributed by atoms with Crippen LogP contribution in [0, 0.1) is 0 Å². The minimum Gasteiger partial charge on any atom is -0.480 e. The molecular weight excluding hydrogens is 602 g/mol. The van der Waals surface area contributed by atoms with E-state index in [-0.39, 0.29) is 18.2 Å². The molecule has 5 aromatic carbocycles. The van der Waals surface area contributed by atoms with Gasteiger partial charge in [0.15, 0.2) is 6.04 Å². The molecule has 0 saturated carbocycles. The number of nitrogens with one attached hydrogen (secondary N) is 1. The molecule has 0 bridgehead atoms. The van der Waals surface area contributed by atoms with Crippen molar-refractivity contribution in [3.05, 3.63) is 186 Å². The van der Waals surface area contributed by atoms with Crippen LogP contribution in [0.1, 0.15) is 45.5 Å². The first kappa shape index (κ1) is 30.7. The molecule has 1 aliphatic carbocycles. The molecule has 1 aromatic heterocycles. The maximum absolute atomic E-state index is 13.1. The summed E-state index contributed by atoms with van der Waals surface area (Å²) in [6.45, 7) is 0.00463. The lowest BCUT2D eigenvalue weighted by molar-refractivity contribution is -0.142. The minimum atomic E-state index is -1.72. The predicted octanol–water partition coefficient (Wildman–Crippen LogP) is 6.75. The monoisotopic (exact) mass is 635 g/mol. The molecule has 8 heteroatoms. The van der Waals surface area contributed by atoms with E-state index in [0.717, 1.165) is 38.9 Å². The van der Waals surface area contributed by atoms with Crippen LogP contribution < -0.4 is 5.32 Å². The van der Waals surface area contributed by atoms with Gasteiger partial charge in [0, 0.05) is 12.1 Å². The van der Waals surface area contributed by atoms with Gasteiger partial charge in [0.1, 0.15) is 18.2 Å². The van der Waals surface area contributed by atoms with Crippen molar-refractivity contribution in [2.75, 3.05) is 6.61 Å². The van der Waals surface area contributed by atoms with E-state index in [4.69, 9.17) is 4.74 Å². The highest BCUT2D eigenvalue weighted by Crippen LogP contribution is 2.45. The van der Waals surface area contributed by atoms with Gasteiger partial charge in [-0.05, 0) is 38.9 Å². The maximum Gasteiger partial charge on any atom is 0.407 e. The molecule has 1 amide bonds. The highest BCUT2D eigenvalue weighted by molar-refractivity contribution is 5.81. The van der Waals surface area contributed by atoms with Crippen LogP contribution in [0.25, 0.3) is 11.1 Å². The number of benzene rings is 5. The number of ether oxygens (including phenoxy) is 1. The zero-order valence-corrected chi connectivity index (χ0v) is 25.9. The molecule has 0 radical (unpaired) electrons. The average Bonchev–Trinajstić information content (AvgIpc) is 3.75. The van der Waals surface area contributed by atoms with Crippen LogP contribution in [0.2, 0.25) is 0 Å². The van der Waals surface area contributed by atoms with Crippen molar-refractivity contribution in [2.24, 2.45) is 0 Å². The highest BCUT2D eigenvalue weighted by Gasteiger charge is 2.40. The summed E-state index contributed by atoms with van der Waals surface area (Å²) in [5.41, 5.74) is 6.20. The van der Waals surface area contributed by atoms with E-state index < -0.39 is 29.7 Å². The highest BCUT2D eigenvalue weighted by atomic mass is 16.5. The lowest BCUT2D eigenvalue weighted by atomic mass is 9.77. The second-order valence-electron chi connectivity index (χ2n) is 11.7. The third-order valence-electron chi connectivity index (χ3n) is 9.07. The summed E-state index contributed by atoms with van der Waals surface area (Å²) < 4.78 is 7.46. The normalized spacial score (nSPS) is 13.6. The van der Waals surface area contributed by atoms with Crippen LogP contribution in [0.5, 0.6) is 0 Å². The summed E-state index contributed by atoms with van der Waals surface area (Å²) in [5.74, 6) is -1.62. The Balaban J connectivity index is 1.17. The van der Waals surface area contributed by atoms with Crippen molar-refractivity contribution in [2.45, 2.75) is 23.6 Å². The Bertz CT molecular complexity index is 1900. The molecule has 0 aliphatic heterocycles. The minimum absolute atomic E-state index is 0.00463. The molecule has 0 fully saturated rings. The maximum atomic E-state index is 13.1. The SMILES string of the molecule is O=C(N[C@H](C(=O)O)[C@@H](O)c1cn(C(c2ccccc2)(c2ccccc2)c2ccccc2)cn1)OCC1c2ccccc2-c2ccccc21. The summed E-state index contributed by atoms with van der Waals surface area (Å²) in [6.07, 6.45) is 0.587. The zero-order valence-electron chi connectivity index (χ0n) is 25.9. The van der Waals surface area contributed by atoms with Gasteiger partial charge in [-0.25, -0.2) is 14.6 Å². The molecule has 0 spiro atoms. The van der Waals surface area contributed by atoms with Crippen molar-refractivity contribution in [1.29, 1.82) is 0 Å². The van der Waals surface area contributed by atoms with Gasteiger partial charge < -0.3 is 24.8 Å². The number of hydrogen-bond acceptors (Lipinski definition) is 5. The number of imidazole rings is 1. The fourth-order valence-electron chi connectivity index (χ4n) is 6.87. The number of aliphatic hydroxyl groups excluding tert-OH is 1. The summed E-state index contributed by atoms with van der Waals surface area (Å²) in [7, 11) is 0. The molecule has 6 aromatic rings. The van der Waals surface area contributed by atoms with Gasteiger partial charge in [-0.2, -0.15) is 0 Å². The number of carbonyl (C=O) groups is 2. The number of carboxylic acid groups (broad SMARTS) is 1. The van der Waals surface area contributed by atoms with E-state index in [1.807, 2.05) is 144 Å². The van der Waals surface area contributed by atoms with Crippen LogP contribution >= 0.6 is 0 Å². The van der Waals surface area contributed by atoms with Gasteiger partial charge in [-0.3, -0.25) is 0 Å². The van der Waals surface area contributed by atoms with E-state index in [9.17, 15) is 19.8 Å². The summed E-state index contributed by atoms with van der Waals surface area (Å²) in [6, 6.07) is 43.9. The number of alkyl carbamates (subject to hydrolysis) is 1. The Morgan fingerprint density at radius 1 is 0.729 bits per heavy atom. The van der Waals surface area contributed by atoms with Gasteiger partial charge >= 0.3 is 12.1 Å². The lowest BCUT2D eigenvalue weighted by Gasteiger charge is -2.37. The van der Waals surface area contributed by atoms with Crippen molar-refractivity contribution in [3.63, 3.8) is 0 Å². The first-order valence-corrected chi connectivity index (χ1v) is 15.7. The number of amides is 1. The first-order valence-electron chi connectivity index (χ1n) is 15.7. The predicted molar refractivity (Wildman–Crippen MR) is 181 cm³/mol. The number of hydrogen-bond donors (Lipinski definition) is 3. The van der Waals surface area contributed by atoms with Gasteiger partial charge in [0.05, 0.1) is 12.0 Å². The fraction of sp³-hybridized carbons (Fsp3) is 0.125. The molecule has 3 N–H and O–H groups in total. The Morgan fingerprint density at radius 3 is 1.67 bits per heavy atom. The van der Waals surface area contributed by atoms with Crippen LogP contribution in [0.15, 0.2) is 152 Å². The zero-order chi connectivity index (χ0) is 33.1. The number of aliphatic hydroxyl groups is 1. The van der Waals surface area contributed by atoms with Gasteiger partial charge in [0.2, 0.25) is 0 Å². The number of carboxylic acids is 1. The summed E-state index contributed by atoms with van der Waals surface area (Å²) in [5, 5.41) is 23.9. The standard InChI is InChI=1S/C40H33N3O5/c44-37(36(38(45)46)42-39(47)48-25-34-32-22-12-10-20-30(32)31-21-11-13-23-33(31)34)35-24-43(26-41-35)40(27-14-4-1-5-15-27,28-16-6-2-7-17-28)29-18-8-3-9-19-29/h1-24,26,34,36-37,44H,25H2,(H,42,47)(H,45,46)/t36-,37-/m0/s1. The average molecular weight is 636 g/mol. The number of rotatable bonds is 10. The van der Waals surface area contributed by atoms with Gasteiger partial charge in [-0.15, -0.1) is 0 Å². The van der Waals surface area contributed by atoms with Crippen molar-refractivity contribution in [3.8, 4) is 11.1 Å². The smallest absolute Gasteiger partial charge is 0.407 e. The second-order valence-corrected chi connectivity index (χ2v) is 11.7. The van der Waals surface area contributed by atoms with Crippen molar-refractivity contribution >= 4 is 12.1 Å². The molecule has 1 heterocycles. The lowest BCUT2D eigenvalue weighted by Crippen LogP contribution is -2.45. The molecule has 0 unspecified atom stereocenters. The van der Waals surface area contributed by atoms with E-state index in [1.54, 1.807) is 12.5 Å². The van der Waals surface area contributed by atoms with Crippen LogP contribution in [0.4, 0.5) is 4.79 Å². The molecule has 238 valence electrons. The fourth-order valence-corrected chi connectivity index (χ4v) is 6.87. The van der Waals surface area contributed by atoms with Crippen LogP contribution in [0.3, 0.4) is 0 Å². The van der Waals surface area contributed by atoms with Crippen LogP contribution in [-0.2, 0) is 15.1 Å². The quantitative estimate of drug-likeness (QED) is 0.144. The molecule has 0 saturated heterocycles. The molecule has 48 heavy (non-hydrogen) atoms. The third kappa shape index (κ3) is 5.42. The largest absolute Gasteiger partial charge is 0.480 e. The molecular formula is C40H33N3O5. The number of carbonyl (C=O) groups excluding carboxylic acids is 1. The van der Waals surface area contributed by atoms with E-state index in [1.165, 1.54) is 0 Å². The van der Waals surface area contributed by atoms with E-state index in [2.05, 4.69) is 10.3 Å². The third-order valence-corrected chi connectivity index (χ3v) is 9.07. The molecule has 1 aliphatic rings. The topological polar surface area (TPSA) is 114 Å². The van der Waals surface area contributed by atoms with E-state index >= 15 is 0 Å². The van der Waals surface area contributed by atoms with Crippen LogP contribution in [-0.4, -0.2) is 44.5 Å². The Morgan fingerprint density at radius 2 is 1.19 bits per heavy atom. The summed E-state index contributed by atoms with van der Waals surface area (Å²) >= 11 is 0. The van der Waals surface area contributed by atoms with Gasteiger partial charge in [-0.1, -0.05) is 140 Å². The molecule has 2 atom stereocenters. The number of aliphatic carboxylic acids is 1. The van der Waals surface area contributed by atoms with Gasteiger partial charge in [0.25, 0.3) is 0 Å². The van der Waals surface area contributed by atoms with E-state index in [0.29, 0.717) is 0 Å². The first-order chi connectivity index (χ1) is 23.5. The number of nitrogens with zero attached hydrogens (tertiary/aromatic N) is 2. The van der Waals surface area contributed by atoms with Crippen molar-refractivity contribution < 1.29 is 24.5 Å².